The first-order chi connectivity index (χ1) is 10.1. The summed E-state index contributed by atoms with van der Waals surface area (Å²) in [5.41, 5.74) is -0.176. The second kappa shape index (κ2) is 5.27. The lowest BCUT2D eigenvalue weighted by Gasteiger charge is -2.25. The van der Waals surface area contributed by atoms with Crippen molar-refractivity contribution in [2.75, 3.05) is 6.54 Å². The lowest BCUT2D eigenvalue weighted by atomic mass is 9.89. The standard InChI is InChI=1S/C15H16N2O4/c18-14-11-7-4-8-12(17(20)21)13(11)15(19)16(14)9-10-5-2-1-3-6-10/h4,7-8,10H,1-3,5-6,9H2. The number of hydrogen-bond acceptors (Lipinski definition) is 4. The first-order valence-corrected chi connectivity index (χ1v) is 7.23. The van der Waals surface area contributed by atoms with Crippen molar-refractivity contribution in [2.45, 2.75) is 32.1 Å². The Hall–Kier alpha value is -2.24. The van der Waals surface area contributed by atoms with Gasteiger partial charge in [0.1, 0.15) is 5.56 Å². The average Bonchev–Trinajstić information content (AvgIpc) is 2.73. The molecule has 1 aliphatic carbocycles. The Bertz CT molecular complexity index is 620. The van der Waals surface area contributed by atoms with Crippen molar-refractivity contribution in [2.24, 2.45) is 5.92 Å². The Morgan fingerprint density at radius 2 is 1.86 bits per heavy atom. The summed E-state index contributed by atoms with van der Waals surface area (Å²) in [6.07, 6.45) is 5.46. The van der Waals surface area contributed by atoms with E-state index in [1.165, 1.54) is 29.5 Å². The number of hydrogen-bond donors (Lipinski definition) is 0. The number of nitro groups is 1. The maximum absolute atomic E-state index is 12.4. The highest BCUT2D eigenvalue weighted by atomic mass is 16.6. The third-order valence-corrected chi connectivity index (χ3v) is 4.34. The first kappa shape index (κ1) is 13.7. The van der Waals surface area contributed by atoms with Gasteiger partial charge in [0.25, 0.3) is 17.5 Å². The quantitative estimate of drug-likeness (QED) is 0.486. The maximum Gasteiger partial charge on any atom is 0.282 e. The zero-order valence-electron chi connectivity index (χ0n) is 11.6. The largest absolute Gasteiger partial charge is 0.282 e. The zero-order chi connectivity index (χ0) is 15.0. The van der Waals surface area contributed by atoms with Crippen LogP contribution in [0, 0.1) is 16.0 Å². The van der Waals surface area contributed by atoms with E-state index in [1.807, 2.05) is 0 Å². The molecular weight excluding hydrogens is 272 g/mol. The van der Waals surface area contributed by atoms with Crippen molar-refractivity contribution >= 4 is 17.5 Å². The minimum Gasteiger partial charge on any atom is -0.274 e. The third-order valence-electron chi connectivity index (χ3n) is 4.34. The van der Waals surface area contributed by atoms with Crippen molar-refractivity contribution in [3.63, 3.8) is 0 Å². The van der Waals surface area contributed by atoms with E-state index in [0.717, 1.165) is 25.7 Å². The molecule has 1 heterocycles. The molecule has 21 heavy (non-hydrogen) atoms. The molecule has 0 unspecified atom stereocenters. The SMILES string of the molecule is O=C1c2cccc([N+](=O)[O-])c2C(=O)N1CC1CCCCC1. The summed E-state index contributed by atoms with van der Waals surface area (Å²) in [4.78, 5) is 36.4. The molecule has 1 aliphatic heterocycles. The van der Waals surface area contributed by atoms with E-state index in [9.17, 15) is 19.7 Å². The number of nitro benzene ring substituents is 1. The summed E-state index contributed by atoms with van der Waals surface area (Å²) >= 11 is 0. The Morgan fingerprint density at radius 1 is 1.14 bits per heavy atom. The van der Waals surface area contributed by atoms with Crippen molar-refractivity contribution < 1.29 is 14.5 Å². The highest BCUT2D eigenvalue weighted by Gasteiger charge is 2.41. The minimum atomic E-state index is -0.603. The molecule has 2 aliphatic rings. The molecule has 0 spiro atoms. The molecule has 0 bridgehead atoms. The van der Waals surface area contributed by atoms with Crippen molar-refractivity contribution in [3.05, 3.63) is 39.4 Å². The minimum absolute atomic E-state index is 0.0525. The highest BCUT2D eigenvalue weighted by Crippen LogP contribution is 2.33. The fourth-order valence-electron chi connectivity index (χ4n) is 3.26. The second-order valence-corrected chi connectivity index (χ2v) is 5.68. The number of imide groups is 1. The molecule has 3 rings (SSSR count). The van der Waals surface area contributed by atoms with Gasteiger partial charge in [-0.05, 0) is 24.8 Å². The van der Waals surface area contributed by atoms with E-state index in [-0.39, 0.29) is 16.8 Å². The Labute approximate surface area is 121 Å². The van der Waals surface area contributed by atoms with Crippen molar-refractivity contribution in [3.8, 4) is 0 Å². The van der Waals surface area contributed by atoms with Crippen LogP contribution in [-0.2, 0) is 0 Å². The molecule has 0 N–H and O–H groups in total. The van der Waals surface area contributed by atoms with Crippen LogP contribution in [0.3, 0.4) is 0 Å². The van der Waals surface area contributed by atoms with Gasteiger partial charge in [0.05, 0.1) is 10.5 Å². The van der Waals surface area contributed by atoms with Crippen LogP contribution in [-0.4, -0.2) is 28.2 Å². The van der Waals surface area contributed by atoms with Gasteiger partial charge in [0.2, 0.25) is 0 Å². The van der Waals surface area contributed by atoms with Gasteiger partial charge in [0, 0.05) is 12.6 Å². The average molecular weight is 288 g/mol. The van der Waals surface area contributed by atoms with E-state index in [4.69, 9.17) is 0 Å². The monoisotopic (exact) mass is 288 g/mol. The molecule has 1 aromatic carbocycles. The predicted octanol–water partition coefficient (Wildman–Crippen LogP) is 2.77. The van der Waals surface area contributed by atoms with Gasteiger partial charge < -0.3 is 0 Å². The van der Waals surface area contributed by atoms with E-state index in [2.05, 4.69) is 0 Å². The maximum atomic E-state index is 12.4. The molecule has 1 saturated carbocycles. The van der Waals surface area contributed by atoms with Crippen molar-refractivity contribution in [1.29, 1.82) is 0 Å². The summed E-state index contributed by atoms with van der Waals surface area (Å²) in [5.74, 6) is -0.600. The van der Waals surface area contributed by atoms with Gasteiger partial charge in [-0.25, -0.2) is 0 Å². The second-order valence-electron chi connectivity index (χ2n) is 5.68. The fourth-order valence-corrected chi connectivity index (χ4v) is 3.26. The van der Waals surface area contributed by atoms with Crippen LogP contribution in [0.25, 0.3) is 0 Å². The smallest absolute Gasteiger partial charge is 0.274 e. The Morgan fingerprint density at radius 3 is 2.52 bits per heavy atom. The molecule has 110 valence electrons. The van der Waals surface area contributed by atoms with Crippen LogP contribution in [0.15, 0.2) is 18.2 Å². The van der Waals surface area contributed by atoms with Gasteiger partial charge >= 0.3 is 0 Å². The zero-order valence-corrected chi connectivity index (χ0v) is 11.6. The van der Waals surface area contributed by atoms with Gasteiger partial charge in [0.15, 0.2) is 0 Å². The van der Waals surface area contributed by atoms with Crippen LogP contribution in [0.5, 0.6) is 0 Å². The van der Waals surface area contributed by atoms with E-state index < -0.39 is 16.7 Å². The van der Waals surface area contributed by atoms with Gasteiger partial charge in [-0.1, -0.05) is 25.3 Å². The number of nitrogens with zero attached hydrogens (tertiary/aromatic N) is 2. The van der Waals surface area contributed by atoms with Crippen LogP contribution in [0.4, 0.5) is 5.69 Å². The fraction of sp³-hybridized carbons (Fsp3) is 0.467. The summed E-state index contributed by atoms with van der Waals surface area (Å²) in [6.45, 7) is 0.378. The van der Waals surface area contributed by atoms with Crippen LogP contribution >= 0.6 is 0 Å². The van der Waals surface area contributed by atoms with Gasteiger partial charge in [-0.2, -0.15) is 0 Å². The van der Waals surface area contributed by atoms with Gasteiger partial charge in [-0.3, -0.25) is 24.6 Å². The molecule has 1 aromatic rings. The molecule has 2 amide bonds. The summed E-state index contributed by atoms with van der Waals surface area (Å²) in [5, 5.41) is 11.0. The van der Waals surface area contributed by atoms with E-state index in [1.54, 1.807) is 0 Å². The number of carbonyl (C=O) groups excluding carboxylic acids is 2. The Balaban J connectivity index is 1.89. The number of carbonyl (C=O) groups is 2. The normalized spacial score (nSPS) is 19.0. The van der Waals surface area contributed by atoms with Crippen molar-refractivity contribution in [1.82, 2.24) is 4.90 Å². The first-order valence-electron chi connectivity index (χ1n) is 7.23. The van der Waals surface area contributed by atoms with Crippen LogP contribution in [0.2, 0.25) is 0 Å². The van der Waals surface area contributed by atoms with E-state index in [0.29, 0.717) is 12.5 Å². The summed E-state index contributed by atoms with van der Waals surface area (Å²) in [6, 6.07) is 4.21. The summed E-state index contributed by atoms with van der Waals surface area (Å²) < 4.78 is 0. The van der Waals surface area contributed by atoms with Crippen LogP contribution in [0.1, 0.15) is 52.8 Å². The molecule has 0 aromatic heterocycles. The molecule has 6 nitrogen and oxygen atoms in total. The highest BCUT2D eigenvalue weighted by molar-refractivity contribution is 6.23. The summed E-state index contributed by atoms with van der Waals surface area (Å²) in [7, 11) is 0. The molecule has 6 heteroatoms. The molecule has 0 radical (unpaired) electrons. The lowest BCUT2D eigenvalue weighted by Crippen LogP contribution is -2.35. The molecular formula is C15H16N2O4. The molecule has 0 atom stereocenters. The number of fused-ring (bicyclic) bond motifs is 1. The topological polar surface area (TPSA) is 80.5 Å². The van der Waals surface area contributed by atoms with Gasteiger partial charge in [-0.15, -0.1) is 0 Å². The third kappa shape index (κ3) is 2.30. The number of benzene rings is 1. The van der Waals surface area contributed by atoms with Crippen LogP contribution < -0.4 is 0 Å². The lowest BCUT2D eigenvalue weighted by molar-refractivity contribution is -0.385. The van der Waals surface area contributed by atoms with E-state index >= 15 is 0 Å². The number of amides is 2. The predicted molar refractivity (Wildman–Crippen MR) is 75.0 cm³/mol. The number of rotatable bonds is 3. The molecule has 1 fully saturated rings. The molecule has 0 saturated heterocycles. The Kier molecular flexibility index (Phi) is 3.45.